The summed E-state index contributed by atoms with van der Waals surface area (Å²) in [5.41, 5.74) is 4.62. The lowest BCUT2D eigenvalue weighted by Crippen LogP contribution is -2.52. The van der Waals surface area contributed by atoms with Crippen molar-refractivity contribution in [2.24, 2.45) is 16.9 Å². The Hall–Kier alpha value is -0.840. The number of nitroso groups, excluding NO2 is 1. The topological polar surface area (TPSA) is 75.8 Å². The summed E-state index contributed by atoms with van der Waals surface area (Å²) in [6.07, 6.45) is 3.99. The Morgan fingerprint density at radius 2 is 2.12 bits per heavy atom. The first kappa shape index (κ1) is 13.2. The molecule has 1 rings (SSSR count). The van der Waals surface area contributed by atoms with Crippen LogP contribution >= 0.6 is 11.6 Å². The molecule has 0 atom stereocenters. The number of halogens is 1. The molecule has 1 aliphatic rings. The maximum absolute atomic E-state index is 11.2. The molecule has 0 aromatic rings. The van der Waals surface area contributed by atoms with Crippen molar-refractivity contribution in [3.63, 3.8) is 0 Å². The molecule has 1 aliphatic carbocycles. The van der Waals surface area contributed by atoms with Gasteiger partial charge in [0.2, 0.25) is 0 Å². The highest BCUT2D eigenvalue weighted by molar-refractivity contribution is 6.17. The number of nitrogens with two attached hydrogens (primary N) is 1. The molecule has 0 heterocycles. The Balaban J connectivity index is 2.86. The van der Waals surface area contributed by atoms with Crippen molar-refractivity contribution in [3.05, 3.63) is 4.91 Å². The van der Waals surface area contributed by atoms with E-state index in [1.54, 1.807) is 0 Å². The third kappa shape index (κ3) is 2.64. The molecule has 16 heavy (non-hydrogen) atoms. The van der Waals surface area contributed by atoms with Crippen LogP contribution in [0.4, 0.5) is 4.79 Å². The van der Waals surface area contributed by atoms with Crippen LogP contribution in [0.25, 0.3) is 0 Å². The van der Waals surface area contributed by atoms with Gasteiger partial charge in [0.15, 0.2) is 0 Å². The van der Waals surface area contributed by atoms with Gasteiger partial charge in [0, 0.05) is 5.88 Å². The Kier molecular flexibility index (Phi) is 4.53. The average molecular weight is 248 g/mol. The van der Waals surface area contributed by atoms with E-state index in [0.29, 0.717) is 18.2 Å². The van der Waals surface area contributed by atoms with E-state index >= 15 is 0 Å². The lowest BCUT2D eigenvalue weighted by atomic mass is 9.75. The fourth-order valence-electron chi connectivity index (χ4n) is 2.40. The molecule has 5 nitrogen and oxygen atoms in total. The number of alkyl halides is 1. The second-order valence-electron chi connectivity index (χ2n) is 4.58. The van der Waals surface area contributed by atoms with E-state index in [0.717, 1.165) is 30.7 Å². The molecule has 0 aromatic heterocycles. The first-order valence-electron chi connectivity index (χ1n) is 5.54. The van der Waals surface area contributed by atoms with Crippen LogP contribution in [0.2, 0.25) is 0 Å². The second kappa shape index (κ2) is 5.48. The summed E-state index contributed by atoms with van der Waals surface area (Å²) in [5.74, 6) is 1.01. The van der Waals surface area contributed by atoms with Crippen LogP contribution in [0, 0.1) is 10.8 Å². The van der Waals surface area contributed by atoms with Gasteiger partial charge in [-0.1, -0.05) is 6.92 Å². The lowest BCUT2D eigenvalue weighted by molar-refractivity contribution is 0.0671. The van der Waals surface area contributed by atoms with E-state index in [1.165, 1.54) is 0 Å². The first-order valence-corrected chi connectivity index (χ1v) is 6.08. The molecule has 6 heteroatoms. The Bertz CT molecular complexity index is 265. The lowest BCUT2D eigenvalue weighted by Gasteiger charge is -2.42. The molecule has 0 saturated heterocycles. The molecule has 92 valence electrons. The number of hydrogen-bond acceptors (Lipinski definition) is 3. The molecule has 0 bridgehead atoms. The number of urea groups is 1. The SMILES string of the molecule is CC1CCC(CCCl)(N(N=O)C(N)=O)CC1. The molecule has 2 amide bonds. The third-order valence-corrected chi connectivity index (χ3v) is 3.69. The number of carbonyl (C=O) groups excluding carboxylic acids is 1. The van der Waals surface area contributed by atoms with Crippen molar-refractivity contribution < 1.29 is 4.79 Å². The van der Waals surface area contributed by atoms with Gasteiger partial charge in [-0.05, 0) is 38.0 Å². The zero-order chi connectivity index (χ0) is 12.2. The Morgan fingerprint density at radius 1 is 1.56 bits per heavy atom. The molecule has 0 aliphatic heterocycles. The van der Waals surface area contributed by atoms with Crippen molar-refractivity contribution in [3.8, 4) is 0 Å². The Labute approximate surface area is 100 Å². The summed E-state index contributed by atoms with van der Waals surface area (Å²) >= 11 is 5.74. The largest absolute Gasteiger partial charge is 0.350 e. The van der Waals surface area contributed by atoms with Crippen LogP contribution in [0.15, 0.2) is 5.29 Å². The van der Waals surface area contributed by atoms with Crippen molar-refractivity contribution in [2.45, 2.75) is 44.6 Å². The summed E-state index contributed by atoms with van der Waals surface area (Å²) in [7, 11) is 0. The van der Waals surface area contributed by atoms with Crippen LogP contribution in [0.1, 0.15) is 39.0 Å². The molecule has 1 fully saturated rings. The van der Waals surface area contributed by atoms with E-state index in [-0.39, 0.29) is 0 Å². The zero-order valence-electron chi connectivity index (χ0n) is 9.49. The highest BCUT2D eigenvalue weighted by Gasteiger charge is 2.42. The molecule has 0 spiro atoms. The first-order chi connectivity index (χ1) is 7.55. The zero-order valence-corrected chi connectivity index (χ0v) is 10.2. The monoisotopic (exact) mass is 247 g/mol. The highest BCUT2D eigenvalue weighted by Crippen LogP contribution is 2.39. The van der Waals surface area contributed by atoms with Crippen LogP contribution in [-0.4, -0.2) is 22.5 Å². The van der Waals surface area contributed by atoms with Gasteiger partial charge in [-0.3, -0.25) is 0 Å². The highest BCUT2D eigenvalue weighted by atomic mass is 35.5. The summed E-state index contributed by atoms with van der Waals surface area (Å²) in [5, 5.41) is 3.67. The van der Waals surface area contributed by atoms with Gasteiger partial charge in [0.1, 0.15) is 0 Å². The summed E-state index contributed by atoms with van der Waals surface area (Å²) in [6.45, 7) is 2.16. The van der Waals surface area contributed by atoms with Crippen LogP contribution in [-0.2, 0) is 0 Å². The summed E-state index contributed by atoms with van der Waals surface area (Å²) in [4.78, 5) is 21.9. The quantitative estimate of drug-likeness (QED) is 0.471. The molecule has 0 unspecified atom stereocenters. The van der Waals surface area contributed by atoms with Crippen molar-refractivity contribution in [1.29, 1.82) is 0 Å². The molecule has 2 N–H and O–H groups in total. The standard InChI is InChI=1S/C10H18ClN3O2/c1-8-2-4-10(5-3-8,6-7-11)14(13-16)9(12)15/h8H,2-7H2,1H3,(H2,12,15). The van der Waals surface area contributed by atoms with Gasteiger partial charge in [-0.2, -0.15) is 5.01 Å². The fraction of sp³-hybridized carbons (Fsp3) is 0.900. The smallest absolute Gasteiger partial charge is 0.338 e. The van der Waals surface area contributed by atoms with Gasteiger partial charge in [-0.25, -0.2) is 4.79 Å². The van der Waals surface area contributed by atoms with Crippen LogP contribution in [0.5, 0.6) is 0 Å². The van der Waals surface area contributed by atoms with Gasteiger partial charge >= 0.3 is 6.03 Å². The molecule has 0 aromatic carbocycles. The van der Waals surface area contributed by atoms with Crippen LogP contribution < -0.4 is 5.73 Å². The average Bonchev–Trinajstić information content (AvgIpc) is 2.23. The summed E-state index contributed by atoms with van der Waals surface area (Å²) in [6, 6.07) is -0.783. The molecular formula is C10H18ClN3O2. The van der Waals surface area contributed by atoms with Gasteiger partial charge in [0.05, 0.1) is 10.8 Å². The Morgan fingerprint density at radius 3 is 2.50 bits per heavy atom. The van der Waals surface area contributed by atoms with Crippen molar-refractivity contribution in [2.75, 3.05) is 5.88 Å². The van der Waals surface area contributed by atoms with Crippen LogP contribution in [0.3, 0.4) is 0 Å². The number of nitrogens with zero attached hydrogens (tertiary/aromatic N) is 2. The van der Waals surface area contributed by atoms with E-state index in [4.69, 9.17) is 17.3 Å². The minimum absolute atomic E-state index is 0.397. The van der Waals surface area contributed by atoms with Gasteiger partial charge in [0.25, 0.3) is 0 Å². The van der Waals surface area contributed by atoms with E-state index < -0.39 is 11.6 Å². The van der Waals surface area contributed by atoms with E-state index in [2.05, 4.69) is 12.2 Å². The minimum atomic E-state index is -0.783. The van der Waals surface area contributed by atoms with E-state index in [1.807, 2.05) is 0 Å². The number of primary amides is 1. The maximum Gasteiger partial charge on any atom is 0.338 e. The number of amides is 2. The molecule has 1 saturated carbocycles. The van der Waals surface area contributed by atoms with Gasteiger partial charge in [-0.15, -0.1) is 16.5 Å². The minimum Gasteiger partial charge on any atom is -0.350 e. The fourth-order valence-corrected chi connectivity index (χ4v) is 2.76. The third-order valence-electron chi connectivity index (χ3n) is 3.50. The second-order valence-corrected chi connectivity index (χ2v) is 4.96. The molecular weight excluding hydrogens is 230 g/mol. The van der Waals surface area contributed by atoms with E-state index in [9.17, 15) is 9.70 Å². The van der Waals surface area contributed by atoms with Gasteiger partial charge < -0.3 is 5.73 Å². The number of hydrogen-bond donors (Lipinski definition) is 1. The van der Waals surface area contributed by atoms with Crippen molar-refractivity contribution >= 4 is 17.6 Å². The predicted molar refractivity (Wildman–Crippen MR) is 62.9 cm³/mol. The number of carbonyl (C=O) groups is 1. The van der Waals surface area contributed by atoms with Crippen molar-refractivity contribution in [1.82, 2.24) is 5.01 Å². The maximum atomic E-state index is 11.2. The normalized spacial score (nSPS) is 29.8. The number of rotatable bonds is 4. The molecule has 0 radical (unpaired) electrons. The summed E-state index contributed by atoms with van der Waals surface area (Å²) < 4.78 is 0. The predicted octanol–water partition coefficient (Wildman–Crippen LogP) is 2.63.